The highest BCUT2D eigenvalue weighted by molar-refractivity contribution is 5.81. The molecular weight excluding hydrogens is 351 g/mol. The van der Waals surface area contributed by atoms with Gasteiger partial charge in [-0.15, -0.1) is 0 Å². The Bertz CT molecular complexity index is 791. The summed E-state index contributed by atoms with van der Waals surface area (Å²) in [6, 6.07) is 10.8. The Morgan fingerprint density at radius 2 is 1.64 bits per heavy atom. The molecule has 0 spiro atoms. The van der Waals surface area contributed by atoms with Gasteiger partial charge in [0, 0.05) is 43.0 Å². The van der Waals surface area contributed by atoms with Crippen molar-refractivity contribution in [3.63, 3.8) is 0 Å². The third-order valence-electron chi connectivity index (χ3n) is 7.28. The zero-order chi connectivity index (χ0) is 19.9. The van der Waals surface area contributed by atoms with E-state index < -0.39 is 5.85 Å². The van der Waals surface area contributed by atoms with E-state index in [2.05, 4.69) is 23.3 Å². The van der Waals surface area contributed by atoms with Crippen LogP contribution in [0, 0.1) is 11.8 Å². The van der Waals surface area contributed by atoms with Crippen LogP contribution in [0.4, 0.5) is 4.39 Å². The minimum atomic E-state index is -2.31. The van der Waals surface area contributed by atoms with Crippen molar-refractivity contribution in [3.05, 3.63) is 36.0 Å². The van der Waals surface area contributed by atoms with Gasteiger partial charge in [0.2, 0.25) is 5.85 Å². The molecule has 1 unspecified atom stereocenters. The zero-order valence-corrected chi connectivity index (χ0v) is 17.6. The fraction of sp³-hybridized carbons (Fsp3) is 0.667. The summed E-state index contributed by atoms with van der Waals surface area (Å²) in [7, 11) is 0. The number of para-hydroxylation sites is 1. The van der Waals surface area contributed by atoms with Gasteiger partial charge in [-0.3, -0.25) is 0 Å². The molecule has 1 saturated heterocycles. The van der Waals surface area contributed by atoms with Crippen LogP contribution in [0.2, 0.25) is 0 Å². The molecule has 1 aromatic heterocycles. The third kappa shape index (κ3) is 3.86. The molecule has 1 atom stereocenters. The Kier molecular flexibility index (Phi) is 5.54. The topological polar surface area (TPSA) is 28.4 Å². The summed E-state index contributed by atoms with van der Waals surface area (Å²) in [6.45, 7) is 8.11. The van der Waals surface area contributed by atoms with E-state index in [1.54, 1.807) is 0 Å². The number of hydrogen-bond donors (Lipinski definition) is 1. The SMILES string of the molecule is CC(C)C1CCC(N2CCC(n3c(C(C)(O)F)cc4ccccc43)CC2)CC1. The Morgan fingerprint density at radius 3 is 2.25 bits per heavy atom. The fourth-order valence-corrected chi connectivity index (χ4v) is 5.56. The van der Waals surface area contributed by atoms with Crippen LogP contribution >= 0.6 is 0 Å². The molecule has 0 bridgehead atoms. The number of aliphatic hydroxyl groups is 1. The van der Waals surface area contributed by atoms with E-state index in [-0.39, 0.29) is 6.04 Å². The van der Waals surface area contributed by atoms with E-state index in [0.717, 1.165) is 54.7 Å². The minimum Gasteiger partial charge on any atom is -0.357 e. The number of hydrogen-bond acceptors (Lipinski definition) is 2. The molecule has 4 heteroatoms. The van der Waals surface area contributed by atoms with E-state index in [9.17, 15) is 9.50 Å². The highest BCUT2D eigenvalue weighted by atomic mass is 19.2. The van der Waals surface area contributed by atoms with Crippen molar-refractivity contribution in [3.8, 4) is 0 Å². The van der Waals surface area contributed by atoms with Crippen LogP contribution in [-0.4, -0.2) is 33.7 Å². The van der Waals surface area contributed by atoms with Crippen LogP contribution in [-0.2, 0) is 5.85 Å². The first-order valence-electron chi connectivity index (χ1n) is 11.1. The summed E-state index contributed by atoms with van der Waals surface area (Å²) < 4.78 is 16.6. The first-order valence-corrected chi connectivity index (χ1v) is 11.1. The molecule has 2 heterocycles. The number of alkyl halides is 1. The van der Waals surface area contributed by atoms with Crippen molar-refractivity contribution in [2.45, 2.75) is 77.2 Å². The summed E-state index contributed by atoms with van der Waals surface area (Å²) in [5, 5.41) is 11.1. The second-order valence-electron chi connectivity index (χ2n) is 9.49. The minimum absolute atomic E-state index is 0.250. The van der Waals surface area contributed by atoms with Crippen LogP contribution in [0.3, 0.4) is 0 Å². The average molecular weight is 387 g/mol. The summed E-state index contributed by atoms with van der Waals surface area (Å²) >= 11 is 0. The van der Waals surface area contributed by atoms with E-state index in [4.69, 9.17) is 0 Å². The van der Waals surface area contributed by atoms with Crippen molar-refractivity contribution in [1.82, 2.24) is 9.47 Å². The van der Waals surface area contributed by atoms with Gasteiger partial charge in [0.15, 0.2) is 0 Å². The molecule has 1 aliphatic heterocycles. The van der Waals surface area contributed by atoms with E-state index in [1.165, 1.54) is 32.6 Å². The second-order valence-corrected chi connectivity index (χ2v) is 9.49. The Hall–Kier alpha value is -1.39. The van der Waals surface area contributed by atoms with Gasteiger partial charge in [-0.25, -0.2) is 4.39 Å². The molecule has 1 aliphatic carbocycles. The summed E-state index contributed by atoms with van der Waals surface area (Å²) in [5.41, 5.74) is 1.43. The lowest BCUT2D eigenvalue weighted by Crippen LogP contribution is -2.44. The van der Waals surface area contributed by atoms with Crippen molar-refractivity contribution in [1.29, 1.82) is 0 Å². The smallest absolute Gasteiger partial charge is 0.245 e. The molecule has 28 heavy (non-hydrogen) atoms. The molecule has 2 aliphatic rings. The van der Waals surface area contributed by atoms with Crippen molar-refractivity contribution >= 4 is 10.9 Å². The number of nitrogens with zero attached hydrogens (tertiary/aromatic N) is 2. The molecule has 0 radical (unpaired) electrons. The number of piperidine rings is 1. The van der Waals surface area contributed by atoms with Gasteiger partial charge in [0.25, 0.3) is 0 Å². The van der Waals surface area contributed by atoms with Gasteiger partial charge in [-0.05, 0) is 62.5 Å². The Morgan fingerprint density at radius 1 is 1.00 bits per heavy atom. The Balaban J connectivity index is 1.47. The number of likely N-dealkylation sites (tertiary alicyclic amines) is 1. The van der Waals surface area contributed by atoms with Crippen molar-refractivity contribution in [2.75, 3.05) is 13.1 Å². The van der Waals surface area contributed by atoms with Gasteiger partial charge in [-0.1, -0.05) is 32.0 Å². The maximum Gasteiger partial charge on any atom is 0.245 e. The maximum absolute atomic E-state index is 14.6. The number of rotatable bonds is 4. The standard InChI is InChI=1S/C24H35FN2O/c1-17(2)18-8-10-20(11-9-18)26-14-12-21(13-15-26)27-22-7-5-4-6-19(22)16-23(27)24(3,25)28/h4-7,16-18,20-21,28H,8-15H2,1-3H3. The lowest BCUT2D eigenvalue weighted by molar-refractivity contribution is -0.0844. The normalized spacial score (nSPS) is 27.4. The fourth-order valence-electron chi connectivity index (χ4n) is 5.56. The average Bonchev–Trinajstić information content (AvgIpc) is 3.08. The van der Waals surface area contributed by atoms with Crippen LogP contribution < -0.4 is 0 Å². The number of halogens is 1. The quantitative estimate of drug-likeness (QED) is 0.738. The molecule has 1 N–H and O–H groups in total. The summed E-state index contributed by atoms with van der Waals surface area (Å²) in [6.07, 6.45) is 7.41. The first kappa shape index (κ1) is 19.9. The zero-order valence-electron chi connectivity index (χ0n) is 17.6. The van der Waals surface area contributed by atoms with Gasteiger partial charge < -0.3 is 14.6 Å². The predicted molar refractivity (Wildman–Crippen MR) is 113 cm³/mol. The molecular formula is C24H35FN2O. The molecule has 4 rings (SSSR count). The van der Waals surface area contributed by atoms with Crippen molar-refractivity contribution in [2.24, 2.45) is 11.8 Å². The van der Waals surface area contributed by atoms with Crippen LogP contribution in [0.25, 0.3) is 10.9 Å². The molecule has 154 valence electrons. The van der Waals surface area contributed by atoms with E-state index in [0.29, 0.717) is 5.69 Å². The highest BCUT2D eigenvalue weighted by Gasteiger charge is 2.34. The van der Waals surface area contributed by atoms with Crippen LogP contribution in [0.1, 0.15) is 71.0 Å². The van der Waals surface area contributed by atoms with Gasteiger partial charge in [-0.2, -0.15) is 0 Å². The largest absolute Gasteiger partial charge is 0.357 e. The number of fused-ring (bicyclic) bond motifs is 1. The van der Waals surface area contributed by atoms with Gasteiger partial charge >= 0.3 is 0 Å². The summed E-state index contributed by atoms with van der Waals surface area (Å²) in [4.78, 5) is 2.67. The third-order valence-corrected chi connectivity index (χ3v) is 7.28. The number of aromatic nitrogens is 1. The van der Waals surface area contributed by atoms with E-state index >= 15 is 0 Å². The molecule has 3 nitrogen and oxygen atoms in total. The molecule has 2 aromatic rings. The first-order chi connectivity index (χ1) is 13.3. The van der Waals surface area contributed by atoms with Crippen LogP contribution in [0.15, 0.2) is 30.3 Å². The highest BCUT2D eigenvalue weighted by Crippen LogP contribution is 2.38. The van der Waals surface area contributed by atoms with Crippen molar-refractivity contribution < 1.29 is 9.50 Å². The lowest BCUT2D eigenvalue weighted by atomic mass is 9.79. The Labute approximate surface area is 168 Å². The second kappa shape index (κ2) is 7.79. The molecule has 0 amide bonds. The lowest BCUT2D eigenvalue weighted by Gasteiger charge is -2.42. The predicted octanol–water partition coefficient (Wildman–Crippen LogP) is 5.63. The molecule has 1 aromatic carbocycles. The van der Waals surface area contributed by atoms with Gasteiger partial charge in [0.05, 0.1) is 5.69 Å². The molecule has 2 fully saturated rings. The summed E-state index contributed by atoms with van der Waals surface area (Å²) in [5.74, 6) is -0.610. The monoisotopic (exact) mass is 386 g/mol. The molecule has 1 saturated carbocycles. The maximum atomic E-state index is 14.6. The van der Waals surface area contributed by atoms with Crippen LogP contribution in [0.5, 0.6) is 0 Å². The van der Waals surface area contributed by atoms with Gasteiger partial charge in [0.1, 0.15) is 0 Å². The van der Waals surface area contributed by atoms with E-state index in [1.807, 2.05) is 30.3 Å². The number of benzene rings is 1.